The van der Waals surface area contributed by atoms with Gasteiger partial charge in [0.25, 0.3) is 0 Å². The van der Waals surface area contributed by atoms with Crippen LogP contribution < -0.4 is 0 Å². The van der Waals surface area contributed by atoms with Gasteiger partial charge in [0.05, 0.1) is 26.4 Å². The molecule has 3 N–H and O–H groups in total. The van der Waals surface area contributed by atoms with Gasteiger partial charge >= 0.3 is 39.5 Å². The smallest absolute Gasteiger partial charge is 0.462 e. The van der Waals surface area contributed by atoms with E-state index < -0.39 is 97.5 Å². The lowest BCUT2D eigenvalue weighted by atomic mass is 9.99. The van der Waals surface area contributed by atoms with Crippen molar-refractivity contribution in [3.05, 3.63) is 0 Å². The molecule has 17 nitrogen and oxygen atoms in total. The summed E-state index contributed by atoms with van der Waals surface area (Å²) in [6.45, 7) is 14.1. The van der Waals surface area contributed by atoms with E-state index in [1.807, 2.05) is 0 Å². The number of aliphatic hydroxyl groups excluding tert-OH is 1. The van der Waals surface area contributed by atoms with Crippen LogP contribution in [-0.4, -0.2) is 96.7 Å². The summed E-state index contributed by atoms with van der Waals surface area (Å²) >= 11 is 0. The van der Waals surface area contributed by atoms with E-state index in [0.717, 1.165) is 114 Å². The number of carbonyl (C=O) groups is 4. The average molecular weight is 1350 g/mol. The summed E-state index contributed by atoms with van der Waals surface area (Å²) in [5.74, 6) is 0.898. The van der Waals surface area contributed by atoms with Crippen LogP contribution in [0.3, 0.4) is 0 Å². The monoisotopic (exact) mass is 1350 g/mol. The number of hydrogen-bond donors (Lipinski definition) is 3. The van der Waals surface area contributed by atoms with Gasteiger partial charge in [-0.3, -0.25) is 37.3 Å². The number of unbranched alkanes of at least 4 members (excludes halogenated alkanes) is 35. The van der Waals surface area contributed by atoms with Crippen molar-refractivity contribution in [1.29, 1.82) is 0 Å². The first-order valence-corrected chi connectivity index (χ1v) is 40.7. The van der Waals surface area contributed by atoms with Crippen LogP contribution in [0.1, 0.15) is 364 Å². The Hall–Kier alpha value is -1.94. The van der Waals surface area contributed by atoms with E-state index in [0.29, 0.717) is 31.6 Å². The Balaban J connectivity index is 5.22. The maximum Gasteiger partial charge on any atom is 0.472 e. The molecule has 0 aliphatic carbocycles. The van der Waals surface area contributed by atoms with Crippen molar-refractivity contribution in [1.82, 2.24) is 0 Å². The molecule has 6 atom stereocenters. The molecular weight excluding hydrogens is 1210 g/mol. The normalized spacial score (nSPS) is 14.5. The van der Waals surface area contributed by atoms with Gasteiger partial charge in [-0.1, -0.05) is 312 Å². The van der Waals surface area contributed by atoms with E-state index in [9.17, 15) is 43.2 Å². The van der Waals surface area contributed by atoms with Gasteiger partial charge < -0.3 is 33.8 Å². The van der Waals surface area contributed by atoms with Crippen molar-refractivity contribution < 1.29 is 80.2 Å². The van der Waals surface area contributed by atoms with Crippen LogP contribution in [0, 0.1) is 23.7 Å². The number of carbonyl (C=O) groups excluding carboxylic acids is 4. The van der Waals surface area contributed by atoms with Crippen LogP contribution in [0.5, 0.6) is 0 Å². The summed E-state index contributed by atoms with van der Waals surface area (Å²) in [6, 6.07) is 0. The summed E-state index contributed by atoms with van der Waals surface area (Å²) < 4.78 is 68.4. The Morgan fingerprint density at radius 3 is 0.772 bits per heavy atom. The highest BCUT2D eigenvalue weighted by Gasteiger charge is 2.30. The van der Waals surface area contributed by atoms with E-state index in [1.165, 1.54) is 161 Å². The predicted molar refractivity (Wildman–Crippen MR) is 372 cm³/mol. The molecule has 0 radical (unpaired) electrons. The zero-order valence-corrected chi connectivity index (χ0v) is 62.0. The summed E-state index contributed by atoms with van der Waals surface area (Å²) in [7, 11) is -9.91. The highest BCUT2D eigenvalue weighted by atomic mass is 31.2. The molecule has 0 spiro atoms. The zero-order valence-electron chi connectivity index (χ0n) is 60.2. The van der Waals surface area contributed by atoms with Gasteiger partial charge in [0.2, 0.25) is 0 Å². The summed E-state index contributed by atoms with van der Waals surface area (Å²) in [5.41, 5.74) is 0. The molecule has 0 aliphatic heterocycles. The molecule has 546 valence electrons. The van der Waals surface area contributed by atoms with Gasteiger partial charge in [0.15, 0.2) is 12.2 Å². The number of phosphoric ester groups is 2. The molecule has 0 saturated carbocycles. The maximum atomic E-state index is 13.1. The van der Waals surface area contributed by atoms with E-state index in [2.05, 4.69) is 55.4 Å². The second-order valence-corrected chi connectivity index (χ2v) is 30.9. The molecule has 19 heteroatoms. The Morgan fingerprint density at radius 1 is 0.304 bits per heavy atom. The highest BCUT2D eigenvalue weighted by molar-refractivity contribution is 7.47. The van der Waals surface area contributed by atoms with Crippen molar-refractivity contribution in [2.45, 2.75) is 382 Å². The fourth-order valence-electron chi connectivity index (χ4n) is 11.0. The van der Waals surface area contributed by atoms with E-state index in [1.54, 1.807) is 0 Å². The van der Waals surface area contributed by atoms with Crippen molar-refractivity contribution in [2.24, 2.45) is 23.7 Å². The molecule has 0 amide bonds. The number of ether oxygens (including phenoxy) is 4. The SMILES string of the molecule is CCC(C)CCCCCCCCCCCCCCCCC(=O)OC[C@H](COP(=O)(O)OCC(O)COP(=O)(O)OC[C@@H](COC(=O)CCCCCCCCCC(C)C)OC(=O)CCCCCCCCCCC(C)C)OC(=O)CCCCCCCCCCCCC(C)C. The molecule has 0 saturated heterocycles. The molecule has 0 fully saturated rings. The Labute approximate surface area is 562 Å². The van der Waals surface area contributed by atoms with Crippen LogP contribution in [0.2, 0.25) is 0 Å². The maximum absolute atomic E-state index is 13.1. The molecule has 0 aromatic rings. The molecule has 0 rings (SSSR count). The molecule has 4 unspecified atom stereocenters. The van der Waals surface area contributed by atoms with Crippen LogP contribution in [0.4, 0.5) is 0 Å². The number of phosphoric acid groups is 2. The lowest BCUT2D eigenvalue weighted by Crippen LogP contribution is -2.30. The number of hydrogen-bond acceptors (Lipinski definition) is 15. The topological polar surface area (TPSA) is 237 Å². The van der Waals surface area contributed by atoms with Gasteiger partial charge in [0, 0.05) is 25.7 Å². The van der Waals surface area contributed by atoms with Crippen molar-refractivity contribution in [2.75, 3.05) is 39.6 Å². The first-order valence-electron chi connectivity index (χ1n) is 37.7. The predicted octanol–water partition coefficient (Wildman–Crippen LogP) is 20.9. The van der Waals surface area contributed by atoms with Crippen molar-refractivity contribution in [3.63, 3.8) is 0 Å². The molecule has 0 bridgehead atoms. The first kappa shape index (κ1) is 90.1. The molecule has 0 aliphatic rings. The molecular formula is C73H142O17P2. The second-order valence-electron chi connectivity index (χ2n) is 28.0. The fraction of sp³-hybridized carbons (Fsp3) is 0.945. The van der Waals surface area contributed by atoms with Crippen molar-refractivity contribution in [3.8, 4) is 0 Å². The summed E-state index contributed by atoms with van der Waals surface area (Å²) in [4.78, 5) is 72.6. The van der Waals surface area contributed by atoms with Gasteiger partial charge in [0.1, 0.15) is 19.3 Å². The standard InChI is InChI=1S/C73H142O17P2/c1-9-66(8)52-44-36-28-19-14-12-10-11-13-15-20-29-37-45-53-70(75)83-59-68(89-72(77)55-47-39-30-21-17-16-18-25-33-41-49-63(2)3)61-87-91(79,80)85-57-67(74)58-86-92(81,82)88-62-69(60-84-71(76)54-46-38-32-24-27-35-43-51-65(6)7)90-73(78)56-48-40-31-23-22-26-34-42-50-64(4)5/h63-69,74H,9-62H2,1-8H3,(H,79,80)(H,81,82)/t66?,67?,68-,69-/m1/s1. The summed E-state index contributed by atoms with van der Waals surface area (Å²) in [6.07, 6.45) is 45.9. The largest absolute Gasteiger partial charge is 0.472 e. The lowest BCUT2D eigenvalue weighted by molar-refractivity contribution is -0.161. The molecule has 0 heterocycles. The highest BCUT2D eigenvalue weighted by Crippen LogP contribution is 2.45. The average Bonchev–Trinajstić information content (AvgIpc) is 2.78. The van der Waals surface area contributed by atoms with Gasteiger partial charge in [-0.15, -0.1) is 0 Å². The quantitative estimate of drug-likeness (QED) is 0.0222. The first-order chi connectivity index (χ1) is 44.1. The van der Waals surface area contributed by atoms with Gasteiger partial charge in [-0.05, 0) is 49.4 Å². The second kappa shape index (κ2) is 62.6. The number of esters is 4. The summed E-state index contributed by atoms with van der Waals surface area (Å²) in [5, 5.41) is 10.6. The molecule has 0 aromatic carbocycles. The Bertz CT molecular complexity index is 1820. The molecule has 92 heavy (non-hydrogen) atoms. The van der Waals surface area contributed by atoms with E-state index >= 15 is 0 Å². The van der Waals surface area contributed by atoms with Crippen LogP contribution >= 0.6 is 15.6 Å². The van der Waals surface area contributed by atoms with Gasteiger partial charge in [-0.2, -0.15) is 0 Å². The van der Waals surface area contributed by atoms with Crippen LogP contribution in [0.15, 0.2) is 0 Å². The third-order valence-electron chi connectivity index (χ3n) is 17.2. The zero-order chi connectivity index (χ0) is 68.2. The number of rotatable bonds is 70. The number of aliphatic hydroxyl groups is 1. The molecule has 0 aromatic heterocycles. The minimum Gasteiger partial charge on any atom is -0.462 e. The lowest BCUT2D eigenvalue weighted by Gasteiger charge is -2.21. The third kappa shape index (κ3) is 65.4. The van der Waals surface area contributed by atoms with Gasteiger partial charge in [-0.25, -0.2) is 9.13 Å². The van der Waals surface area contributed by atoms with Crippen molar-refractivity contribution >= 4 is 39.5 Å². The minimum absolute atomic E-state index is 0.103. The van der Waals surface area contributed by atoms with E-state index in [-0.39, 0.29) is 25.7 Å². The van der Waals surface area contributed by atoms with Crippen LogP contribution in [-0.2, 0) is 65.4 Å². The minimum atomic E-state index is -4.96. The van der Waals surface area contributed by atoms with E-state index in [4.69, 9.17) is 37.0 Å². The van der Waals surface area contributed by atoms with Crippen LogP contribution in [0.25, 0.3) is 0 Å². The Morgan fingerprint density at radius 2 is 0.522 bits per heavy atom. The fourth-order valence-corrected chi connectivity index (χ4v) is 12.6. The Kier molecular flexibility index (Phi) is 61.3. The third-order valence-corrected chi connectivity index (χ3v) is 19.1.